The molecular formula is C15H15F3N2. The van der Waals surface area contributed by atoms with Crippen LogP contribution >= 0.6 is 0 Å². The van der Waals surface area contributed by atoms with Gasteiger partial charge in [0.05, 0.1) is 6.04 Å². The van der Waals surface area contributed by atoms with Crippen LogP contribution < -0.4 is 11.3 Å². The minimum absolute atomic E-state index is 0.172. The first-order chi connectivity index (χ1) is 9.52. The quantitative estimate of drug-likeness (QED) is 0.667. The summed E-state index contributed by atoms with van der Waals surface area (Å²) in [6, 6.07) is 8.12. The minimum Gasteiger partial charge on any atom is -0.271 e. The summed E-state index contributed by atoms with van der Waals surface area (Å²) in [7, 11) is 0. The van der Waals surface area contributed by atoms with Gasteiger partial charge in [-0.2, -0.15) is 0 Å². The van der Waals surface area contributed by atoms with Crippen LogP contribution in [0.25, 0.3) is 0 Å². The summed E-state index contributed by atoms with van der Waals surface area (Å²) in [6.45, 7) is 1.63. The van der Waals surface area contributed by atoms with Gasteiger partial charge in [-0.3, -0.25) is 11.3 Å². The molecule has 1 atom stereocenters. The summed E-state index contributed by atoms with van der Waals surface area (Å²) in [5, 5.41) is 0. The summed E-state index contributed by atoms with van der Waals surface area (Å²) in [4.78, 5) is 0. The van der Waals surface area contributed by atoms with Crippen molar-refractivity contribution in [2.24, 2.45) is 5.84 Å². The van der Waals surface area contributed by atoms with Crippen molar-refractivity contribution in [1.82, 2.24) is 5.43 Å². The van der Waals surface area contributed by atoms with Crippen LogP contribution in [-0.2, 0) is 6.42 Å². The molecule has 1 unspecified atom stereocenters. The Balaban J connectivity index is 2.28. The van der Waals surface area contributed by atoms with Gasteiger partial charge in [-0.15, -0.1) is 0 Å². The number of aryl methyl sites for hydroxylation is 1. The molecule has 2 aromatic rings. The summed E-state index contributed by atoms with van der Waals surface area (Å²) in [5.41, 5.74) is 3.96. The van der Waals surface area contributed by atoms with E-state index in [2.05, 4.69) is 5.43 Å². The van der Waals surface area contributed by atoms with Crippen LogP contribution in [-0.4, -0.2) is 0 Å². The van der Waals surface area contributed by atoms with Crippen LogP contribution in [0.1, 0.15) is 22.7 Å². The van der Waals surface area contributed by atoms with Crippen molar-refractivity contribution in [1.29, 1.82) is 0 Å². The lowest BCUT2D eigenvalue weighted by Gasteiger charge is -2.17. The Morgan fingerprint density at radius 2 is 1.85 bits per heavy atom. The van der Waals surface area contributed by atoms with Crippen LogP contribution in [0.4, 0.5) is 13.2 Å². The highest BCUT2D eigenvalue weighted by Gasteiger charge is 2.16. The monoisotopic (exact) mass is 280 g/mol. The highest BCUT2D eigenvalue weighted by Crippen LogP contribution is 2.22. The lowest BCUT2D eigenvalue weighted by atomic mass is 9.97. The standard InChI is InChI=1S/C15H15F3N2/c1-9-7-10(5-6-12(9)16)14(20-19)8-11-3-2-4-13(17)15(11)18/h2-7,14,20H,8,19H2,1H3. The largest absolute Gasteiger partial charge is 0.271 e. The van der Waals surface area contributed by atoms with Gasteiger partial charge in [0, 0.05) is 0 Å². The smallest absolute Gasteiger partial charge is 0.162 e. The number of hydrogen-bond acceptors (Lipinski definition) is 2. The summed E-state index contributed by atoms with van der Waals surface area (Å²) in [6.07, 6.45) is 0.172. The first-order valence-electron chi connectivity index (χ1n) is 6.18. The minimum atomic E-state index is -0.895. The van der Waals surface area contributed by atoms with E-state index in [1.165, 1.54) is 18.2 Å². The van der Waals surface area contributed by atoms with Gasteiger partial charge in [0.2, 0.25) is 0 Å². The SMILES string of the molecule is Cc1cc(C(Cc2cccc(F)c2F)NN)ccc1F. The van der Waals surface area contributed by atoms with Crippen molar-refractivity contribution in [3.8, 4) is 0 Å². The summed E-state index contributed by atoms with van der Waals surface area (Å²) in [5.74, 6) is 3.37. The van der Waals surface area contributed by atoms with E-state index < -0.39 is 17.7 Å². The second-order valence-electron chi connectivity index (χ2n) is 4.64. The van der Waals surface area contributed by atoms with Gasteiger partial charge in [0.15, 0.2) is 11.6 Å². The third-order valence-corrected chi connectivity index (χ3v) is 3.24. The molecule has 106 valence electrons. The average molecular weight is 280 g/mol. The van der Waals surface area contributed by atoms with Gasteiger partial charge in [-0.1, -0.05) is 24.3 Å². The van der Waals surface area contributed by atoms with E-state index in [1.54, 1.807) is 19.1 Å². The molecule has 0 saturated carbocycles. The van der Waals surface area contributed by atoms with Gasteiger partial charge >= 0.3 is 0 Å². The maximum absolute atomic E-state index is 13.7. The third-order valence-electron chi connectivity index (χ3n) is 3.24. The number of nitrogens with two attached hydrogens (primary N) is 1. The van der Waals surface area contributed by atoms with E-state index in [9.17, 15) is 13.2 Å². The van der Waals surface area contributed by atoms with Gasteiger partial charge in [0.25, 0.3) is 0 Å². The molecule has 2 nitrogen and oxygen atoms in total. The van der Waals surface area contributed by atoms with E-state index in [0.717, 1.165) is 11.6 Å². The Morgan fingerprint density at radius 1 is 1.10 bits per heavy atom. The highest BCUT2D eigenvalue weighted by molar-refractivity contribution is 5.29. The molecule has 0 heterocycles. The predicted molar refractivity (Wildman–Crippen MR) is 71.3 cm³/mol. The summed E-state index contributed by atoms with van der Waals surface area (Å²) < 4.78 is 40.1. The molecule has 0 bridgehead atoms. The number of benzene rings is 2. The Labute approximate surface area is 115 Å². The fourth-order valence-corrected chi connectivity index (χ4v) is 2.08. The van der Waals surface area contributed by atoms with Crippen molar-refractivity contribution in [2.75, 3.05) is 0 Å². The second-order valence-corrected chi connectivity index (χ2v) is 4.64. The molecule has 0 amide bonds. The van der Waals surface area contributed by atoms with Crippen LogP contribution in [0.5, 0.6) is 0 Å². The molecule has 0 fully saturated rings. The van der Waals surface area contributed by atoms with Crippen molar-refractivity contribution in [3.63, 3.8) is 0 Å². The zero-order valence-electron chi connectivity index (χ0n) is 11.0. The predicted octanol–water partition coefficient (Wildman–Crippen LogP) is 3.16. The van der Waals surface area contributed by atoms with Gasteiger partial charge in [0.1, 0.15) is 5.82 Å². The molecule has 0 aliphatic rings. The Bertz CT molecular complexity index is 614. The van der Waals surface area contributed by atoms with Crippen molar-refractivity contribution in [3.05, 3.63) is 70.5 Å². The normalized spacial score (nSPS) is 12.4. The Hall–Kier alpha value is -1.85. The molecule has 5 heteroatoms. The number of rotatable bonds is 4. The lowest BCUT2D eigenvalue weighted by Crippen LogP contribution is -2.30. The maximum Gasteiger partial charge on any atom is 0.162 e. The van der Waals surface area contributed by atoms with Gasteiger partial charge in [-0.05, 0) is 42.2 Å². The second kappa shape index (κ2) is 6.07. The molecule has 0 aliphatic carbocycles. The molecule has 0 saturated heterocycles. The first kappa shape index (κ1) is 14.6. The fourth-order valence-electron chi connectivity index (χ4n) is 2.08. The average Bonchev–Trinajstić information content (AvgIpc) is 2.44. The van der Waals surface area contributed by atoms with Crippen molar-refractivity contribution < 1.29 is 13.2 Å². The van der Waals surface area contributed by atoms with Crippen LogP contribution in [0.3, 0.4) is 0 Å². The molecule has 2 aromatic carbocycles. The highest BCUT2D eigenvalue weighted by atomic mass is 19.2. The number of hydrogen-bond donors (Lipinski definition) is 2. The zero-order chi connectivity index (χ0) is 14.7. The Morgan fingerprint density at radius 3 is 2.50 bits per heavy atom. The van der Waals surface area contributed by atoms with Gasteiger partial charge in [-0.25, -0.2) is 13.2 Å². The molecule has 0 spiro atoms. The van der Waals surface area contributed by atoms with Gasteiger partial charge < -0.3 is 0 Å². The zero-order valence-corrected chi connectivity index (χ0v) is 11.0. The molecule has 0 aromatic heterocycles. The number of nitrogens with one attached hydrogen (secondary N) is 1. The molecule has 3 N–H and O–H groups in total. The molecular weight excluding hydrogens is 265 g/mol. The Kier molecular flexibility index (Phi) is 4.42. The van der Waals surface area contributed by atoms with Crippen molar-refractivity contribution in [2.45, 2.75) is 19.4 Å². The van der Waals surface area contributed by atoms with E-state index in [1.807, 2.05) is 0 Å². The topological polar surface area (TPSA) is 38.0 Å². The third kappa shape index (κ3) is 3.00. The molecule has 0 aliphatic heterocycles. The lowest BCUT2D eigenvalue weighted by molar-refractivity contribution is 0.481. The first-order valence-corrected chi connectivity index (χ1v) is 6.18. The number of hydrazine groups is 1. The number of halogens is 3. The molecule has 0 radical (unpaired) electrons. The van der Waals surface area contributed by atoms with Crippen molar-refractivity contribution >= 4 is 0 Å². The van der Waals surface area contributed by atoms with Crippen LogP contribution in [0.15, 0.2) is 36.4 Å². The van der Waals surface area contributed by atoms with E-state index in [0.29, 0.717) is 5.56 Å². The molecule has 20 heavy (non-hydrogen) atoms. The maximum atomic E-state index is 13.7. The van der Waals surface area contributed by atoms with E-state index >= 15 is 0 Å². The molecule has 2 rings (SSSR count). The summed E-state index contributed by atoms with van der Waals surface area (Å²) >= 11 is 0. The van der Waals surface area contributed by atoms with E-state index in [-0.39, 0.29) is 17.8 Å². The van der Waals surface area contributed by atoms with Crippen LogP contribution in [0.2, 0.25) is 0 Å². The fraction of sp³-hybridized carbons (Fsp3) is 0.200. The van der Waals surface area contributed by atoms with Crippen LogP contribution in [0, 0.1) is 24.4 Å². The van der Waals surface area contributed by atoms with E-state index in [4.69, 9.17) is 5.84 Å².